The second-order valence-electron chi connectivity index (χ2n) is 8.42. The van der Waals surface area contributed by atoms with E-state index in [1.807, 2.05) is 0 Å². The Hall–Kier alpha value is -1.12. The summed E-state index contributed by atoms with van der Waals surface area (Å²) in [6.45, 7) is 6.59. The summed E-state index contributed by atoms with van der Waals surface area (Å²) in [5.74, 6) is 3.25. The van der Waals surface area contributed by atoms with Crippen LogP contribution in [0.15, 0.2) is 11.8 Å². The van der Waals surface area contributed by atoms with Crippen molar-refractivity contribution in [2.45, 2.75) is 64.9 Å². The van der Waals surface area contributed by atoms with Gasteiger partial charge in [0.25, 0.3) is 0 Å². The molecule has 22 heavy (non-hydrogen) atoms. The molecule has 0 N–H and O–H groups in total. The Morgan fingerprint density at radius 1 is 1.09 bits per heavy atom. The standard InChI is InChI=1S/C19H26O3/c1-11-15-10-12(20)6-9-19(3,22-15)14-7-8-18(2)13(17(11)14)4-5-16(18)21/h10-11,13-14,17H,4-9H2,1-3H3/t11-,13-,14-,17-,18+,19-/m0/s1. The molecule has 0 unspecified atom stereocenters. The van der Waals surface area contributed by atoms with Gasteiger partial charge in [-0.15, -0.1) is 0 Å². The third-order valence-electron chi connectivity index (χ3n) is 7.37. The molecule has 0 aromatic heterocycles. The molecule has 0 aromatic carbocycles. The molecule has 3 nitrogen and oxygen atoms in total. The molecule has 1 saturated heterocycles. The van der Waals surface area contributed by atoms with Crippen molar-refractivity contribution < 1.29 is 14.3 Å². The molecule has 3 fully saturated rings. The summed E-state index contributed by atoms with van der Waals surface area (Å²) in [7, 11) is 0. The van der Waals surface area contributed by atoms with E-state index in [1.165, 1.54) is 0 Å². The van der Waals surface area contributed by atoms with Gasteiger partial charge in [-0.3, -0.25) is 9.59 Å². The molecule has 4 aliphatic rings. The van der Waals surface area contributed by atoms with E-state index in [9.17, 15) is 9.59 Å². The first-order valence-corrected chi connectivity index (χ1v) is 8.82. The molecule has 4 rings (SSSR count). The second-order valence-corrected chi connectivity index (χ2v) is 8.42. The van der Waals surface area contributed by atoms with Gasteiger partial charge in [0.2, 0.25) is 0 Å². The van der Waals surface area contributed by atoms with Crippen molar-refractivity contribution in [1.82, 2.24) is 0 Å². The van der Waals surface area contributed by atoms with Crippen molar-refractivity contribution in [3.05, 3.63) is 11.8 Å². The monoisotopic (exact) mass is 302 g/mol. The largest absolute Gasteiger partial charge is 0.491 e. The molecule has 2 bridgehead atoms. The second kappa shape index (κ2) is 4.46. The highest BCUT2D eigenvalue weighted by Gasteiger charge is 2.61. The van der Waals surface area contributed by atoms with Crippen LogP contribution < -0.4 is 0 Å². The summed E-state index contributed by atoms with van der Waals surface area (Å²) in [6.07, 6.45) is 6.98. The van der Waals surface area contributed by atoms with Crippen LogP contribution in [0.25, 0.3) is 0 Å². The van der Waals surface area contributed by atoms with Crippen molar-refractivity contribution in [2.24, 2.45) is 29.1 Å². The fraction of sp³-hybridized carbons (Fsp3) is 0.789. The van der Waals surface area contributed by atoms with Gasteiger partial charge >= 0.3 is 0 Å². The molecule has 2 heterocycles. The Morgan fingerprint density at radius 3 is 2.64 bits per heavy atom. The quantitative estimate of drug-likeness (QED) is 0.685. The smallest absolute Gasteiger partial charge is 0.159 e. The molecule has 0 radical (unpaired) electrons. The Balaban J connectivity index is 1.79. The zero-order valence-electron chi connectivity index (χ0n) is 13.9. The van der Waals surface area contributed by atoms with Crippen LogP contribution in [0.5, 0.6) is 0 Å². The lowest BCUT2D eigenvalue weighted by atomic mass is 9.52. The molecule has 6 atom stereocenters. The number of hydrogen-bond acceptors (Lipinski definition) is 3. The highest BCUT2D eigenvalue weighted by molar-refractivity contribution is 5.90. The molecule has 2 aliphatic carbocycles. The number of ketones is 2. The number of ether oxygens (including phenoxy) is 1. The minimum atomic E-state index is -0.220. The SMILES string of the molecule is C[C@H]1C2=CC(=O)CC[C@](C)(O2)[C@H]2CC[C@@]3(C)C(=O)CC[C@H]3[C@H]12. The summed E-state index contributed by atoms with van der Waals surface area (Å²) in [4.78, 5) is 24.5. The molecule has 120 valence electrons. The van der Waals surface area contributed by atoms with E-state index in [2.05, 4.69) is 20.8 Å². The minimum Gasteiger partial charge on any atom is -0.491 e. The molecule has 0 aromatic rings. The van der Waals surface area contributed by atoms with E-state index in [-0.39, 0.29) is 22.7 Å². The topological polar surface area (TPSA) is 43.4 Å². The van der Waals surface area contributed by atoms with Crippen molar-refractivity contribution in [3.63, 3.8) is 0 Å². The first-order valence-electron chi connectivity index (χ1n) is 8.82. The first-order chi connectivity index (χ1) is 10.3. The van der Waals surface area contributed by atoms with E-state index in [4.69, 9.17) is 4.74 Å². The van der Waals surface area contributed by atoms with Gasteiger partial charge in [-0.1, -0.05) is 13.8 Å². The van der Waals surface area contributed by atoms with E-state index >= 15 is 0 Å². The summed E-state index contributed by atoms with van der Waals surface area (Å²) in [5.41, 5.74) is -0.348. The maximum absolute atomic E-state index is 12.5. The van der Waals surface area contributed by atoms with E-state index in [1.54, 1.807) is 6.08 Å². The zero-order valence-corrected chi connectivity index (χ0v) is 13.9. The van der Waals surface area contributed by atoms with E-state index in [0.717, 1.165) is 37.9 Å². The number of Topliss-reactive ketones (excluding diaryl/α,β-unsaturated/α-hetero) is 1. The zero-order chi connectivity index (χ0) is 15.7. The van der Waals surface area contributed by atoms with Gasteiger partial charge in [0.05, 0.1) is 0 Å². The predicted octanol–water partition coefficient (Wildman–Crippen LogP) is 3.67. The van der Waals surface area contributed by atoms with Crippen molar-refractivity contribution >= 4 is 11.6 Å². The fourth-order valence-corrected chi connectivity index (χ4v) is 6.00. The summed E-state index contributed by atoms with van der Waals surface area (Å²) >= 11 is 0. The van der Waals surface area contributed by atoms with Crippen LogP contribution in [0.3, 0.4) is 0 Å². The maximum Gasteiger partial charge on any atom is 0.159 e. The van der Waals surface area contributed by atoms with Gasteiger partial charge in [0.1, 0.15) is 17.1 Å². The van der Waals surface area contributed by atoms with Gasteiger partial charge in [0, 0.05) is 36.2 Å². The van der Waals surface area contributed by atoms with Crippen LogP contribution in [0.1, 0.15) is 59.3 Å². The molecule has 0 spiro atoms. The third-order valence-corrected chi connectivity index (χ3v) is 7.37. The summed E-state index contributed by atoms with van der Waals surface area (Å²) < 4.78 is 6.35. The van der Waals surface area contributed by atoms with Crippen molar-refractivity contribution in [2.75, 3.05) is 0 Å². The number of rotatable bonds is 0. The average Bonchev–Trinajstić information content (AvgIpc) is 2.69. The van der Waals surface area contributed by atoms with Crippen molar-refractivity contribution in [3.8, 4) is 0 Å². The Morgan fingerprint density at radius 2 is 1.86 bits per heavy atom. The Labute approximate surface area is 132 Å². The Kier molecular flexibility index (Phi) is 2.93. The van der Waals surface area contributed by atoms with Gasteiger partial charge in [-0.25, -0.2) is 0 Å². The van der Waals surface area contributed by atoms with Gasteiger partial charge in [-0.05, 0) is 44.4 Å². The van der Waals surface area contributed by atoms with E-state index in [0.29, 0.717) is 30.0 Å². The van der Waals surface area contributed by atoms with Crippen LogP contribution in [-0.4, -0.2) is 17.2 Å². The first kappa shape index (κ1) is 14.5. The van der Waals surface area contributed by atoms with Crippen molar-refractivity contribution in [1.29, 1.82) is 0 Å². The number of allylic oxidation sites excluding steroid dienone is 2. The lowest BCUT2D eigenvalue weighted by Gasteiger charge is -2.57. The number of fused-ring (bicyclic) bond motifs is 6. The number of carbonyl (C=O) groups excluding carboxylic acids is 2. The summed E-state index contributed by atoms with van der Waals surface area (Å²) in [6, 6.07) is 0. The van der Waals surface area contributed by atoms with Crippen LogP contribution >= 0.6 is 0 Å². The highest BCUT2D eigenvalue weighted by atomic mass is 16.5. The number of hydrogen-bond donors (Lipinski definition) is 0. The normalized spacial score (nSPS) is 50.6. The van der Waals surface area contributed by atoms with Crippen LogP contribution in [0, 0.1) is 29.1 Å². The lowest BCUT2D eigenvalue weighted by Crippen LogP contribution is -2.55. The molecular weight excluding hydrogens is 276 g/mol. The minimum absolute atomic E-state index is 0.128. The molecule has 2 saturated carbocycles. The predicted molar refractivity (Wildman–Crippen MR) is 83.0 cm³/mol. The fourth-order valence-electron chi connectivity index (χ4n) is 6.00. The maximum atomic E-state index is 12.5. The highest BCUT2D eigenvalue weighted by Crippen LogP contribution is 2.62. The van der Waals surface area contributed by atoms with Crippen LogP contribution in [-0.2, 0) is 14.3 Å². The van der Waals surface area contributed by atoms with Gasteiger partial charge in [-0.2, -0.15) is 0 Å². The van der Waals surface area contributed by atoms with E-state index < -0.39 is 0 Å². The molecule has 0 amide bonds. The van der Waals surface area contributed by atoms with Crippen LogP contribution in [0.2, 0.25) is 0 Å². The Bertz CT molecular complexity index is 577. The molecule has 2 aliphatic heterocycles. The van der Waals surface area contributed by atoms with Gasteiger partial charge in [0.15, 0.2) is 5.78 Å². The van der Waals surface area contributed by atoms with Crippen LogP contribution in [0.4, 0.5) is 0 Å². The lowest BCUT2D eigenvalue weighted by molar-refractivity contribution is -0.165. The third kappa shape index (κ3) is 1.74. The summed E-state index contributed by atoms with van der Waals surface area (Å²) in [5, 5.41) is 0. The molecule has 3 heteroatoms. The van der Waals surface area contributed by atoms with Gasteiger partial charge < -0.3 is 4.74 Å². The molecular formula is C19H26O3. The number of carbonyl (C=O) groups is 2. The average molecular weight is 302 g/mol.